The van der Waals surface area contributed by atoms with Gasteiger partial charge in [0.15, 0.2) is 0 Å². The number of hydrogen-bond donors (Lipinski definition) is 1. The Labute approximate surface area is 189 Å². The average Bonchev–Trinajstić information content (AvgIpc) is 3.13. The Kier molecular flexibility index (Phi) is 7.32. The Morgan fingerprint density at radius 2 is 1.62 bits per heavy atom. The quantitative estimate of drug-likeness (QED) is 0.413. The second kappa shape index (κ2) is 10.1. The summed E-state index contributed by atoms with van der Waals surface area (Å²) < 4.78 is 14.7. The fourth-order valence-corrected chi connectivity index (χ4v) is 4.21. The first-order valence-electron chi connectivity index (χ1n) is 9.60. The van der Waals surface area contributed by atoms with Crippen LogP contribution in [0.25, 0.3) is 0 Å². The normalized spacial score (nSPS) is 10.5. The van der Waals surface area contributed by atoms with Crippen LogP contribution >= 0.6 is 11.8 Å². The molecule has 8 nitrogen and oxygen atoms in total. The SMILES string of the molecule is COC(=O)c1cc(NC(=O)c2ccccc2SCc2c(C)noc2C)cc(C(=O)OC)c1. The van der Waals surface area contributed by atoms with E-state index in [1.54, 1.807) is 12.1 Å². The first kappa shape index (κ1) is 23.1. The predicted molar refractivity (Wildman–Crippen MR) is 119 cm³/mol. The summed E-state index contributed by atoms with van der Waals surface area (Å²) in [5.41, 5.74) is 2.75. The Morgan fingerprint density at radius 3 is 2.19 bits per heavy atom. The molecule has 0 radical (unpaired) electrons. The molecule has 32 heavy (non-hydrogen) atoms. The number of anilines is 1. The summed E-state index contributed by atoms with van der Waals surface area (Å²) in [6, 6.07) is 11.4. The number of aromatic nitrogens is 1. The van der Waals surface area contributed by atoms with Crippen LogP contribution < -0.4 is 5.32 Å². The van der Waals surface area contributed by atoms with E-state index in [2.05, 4.69) is 10.5 Å². The largest absolute Gasteiger partial charge is 0.465 e. The highest BCUT2D eigenvalue weighted by atomic mass is 32.2. The molecule has 0 spiro atoms. The minimum Gasteiger partial charge on any atom is -0.465 e. The highest BCUT2D eigenvalue weighted by Crippen LogP contribution is 2.29. The standard InChI is InChI=1S/C23H22N2O6S/c1-13-19(14(2)31-25-13)12-32-20-8-6-5-7-18(20)21(26)24-17-10-15(22(27)29-3)9-16(11-17)23(28)30-4/h5-11H,12H2,1-4H3,(H,24,26). The number of benzene rings is 2. The van der Waals surface area contributed by atoms with Gasteiger partial charge in [0.25, 0.3) is 5.91 Å². The maximum absolute atomic E-state index is 13.0. The number of amides is 1. The van der Waals surface area contributed by atoms with E-state index in [4.69, 9.17) is 14.0 Å². The van der Waals surface area contributed by atoms with Crippen LogP contribution in [0.2, 0.25) is 0 Å². The summed E-state index contributed by atoms with van der Waals surface area (Å²) >= 11 is 1.49. The summed E-state index contributed by atoms with van der Waals surface area (Å²) in [5, 5.41) is 6.71. The van der Waals surface area contributed by atoms with E-state index in [1.165, 1.54) is 44.2 Å². The molecule has 1 amide bonds. The van der Waals surface area contributed by atoms with Gasteiger partial charge in [-0.3, -0.25) is 4.79 Å². The minimum absolute atomic E-state index is 0.117. The summed E-state index contributed by atoms with van der Waals surface area (Å²) in [5.74, 6) is -0.324. The predicted octanol–water partition coefficient (Wildman–Crippen LogP) is 4.41. The van der Waals surface area contributed by atoms with Crippen molar-refractivity contribution in [3.63, 3.8) is 0 Å². The zero-order valence-electron chi connectivity index (χ0n) is 18.1. The van der Waals surface area contributed by atoms with E-state index in [9.17, 15) is 14.4 Å². The van der Waals surface area contributed by atoms with Gasteiger partial charge in [0.1, 0.15) is 5.76 Å². The van der Waals surface area contributed by atoms with Gasteiger partial charge in [-0.05, 0) is 44.2 Å². The number of carbonyl (C=O) groups excluding carboxylic acids is 3. The van der Waals surface area contributed by atoms with E-state index in [-0.39, 0.29) is 22.7 Å². The molecule has 1 heterocycles. The van der Waals surface area contributed by atoms with Crippen molar-refractivity contribution in [3.8, 4) is 0 Å². The summed E-state index contributed by atoms with van der Waals surface area (Å²) in [6.45, 7) is 3.72. The lowest BCUT2D eigenvalue weighted by atomic mass is 10.1. The van der Waals surface area contributed by atoms with Gasteiger partial charge >= 0.3 is 11.9 Å². The Bertz CT molecular complexity index is 1120. The molecular weight excluding hydrogens is 432 g/mol. The van der Waals surface area contributed by atoms with Crippen LogP contribution in [0, 0.1) is 13.8 Å². The maximum Gasteiger partial charge on any atom is 0.337 e. The third-order valence-electron chi connectivity index (χ3n) is 4.72. The second-order valence-corrected chi connectivity index (χ2v) is 7.84. The van der Waals surface area contributed by atoms with E-state index in [0.717, 1.165) is 21.9 Å². The average molecular weight is 455 g/mol. The highest BCUT2D eigenvalue weighted by molar-refractivity contribution is 7.98. The monoisotopic (exact) mass is 454 g/mol. The van der Waals surface area contributed by atoms with Crippen LogP contribution in [-0.2, 0) is 15.2 Å². The van der Waals surface area contributed by atoms with Crippen molar-refractivity contribution in [2.75, 3.05) is 19.5 Å². The van der Waals surface area contributed by atoms with Gasteiger partial charge in [0.05, 0.1) is 36.6 Å². The molecule has 0 saturated carbocycles. The van der Waals surface area contributed by atoms with Crippen molar-refractivity contribution < 1.29 is 28.4 Å². The minimum atomic E-state index is -0.637. The molecule has 1 aromatic heterocycles. The molecule has 0 bridgehead atoms. The molecule has 166 valence electrons. The van der Waals surface area contributed by atoms with Gasteiger partial charge in [-0.1, -0.05) is 17.3 Å². The van der Waals surface area contributed by atoms with Crippen LogP contribution in [0.4, 0.5) is 5.69 Å². The van der Waals surface area contributed by atoms with E-state index in [1.807, 2.05) is 26.0 Å². The number of hydrogen-bond acceptors (Lipinski definition) is 8. The number of aryl methyl sites for hydroxylation is 2. The van der Waals surface area contributed by atoms with Crippen LogP contribution in [0.5, 0.6) is 0 Å². The zero-order chi connectivity index (χ0) is 23.3. The molecule has 9 heteroatoms. The van der Waals surface area contributed by atoms with Crippen LogP contribution in [0.1, 0.15) is 48.1 Å². The lowest BCUT2D eigenvalue weighted by Crippen LogP contribution is -2.15. The molecule has 0 aliphatic carbocycles. The van der Waals surface area contributed by atoms with Crippen molar-refractivity contribution >= 4 is 35.3 Å². The topological polar surface area (TPSA) is 108 Å². The Hall–Kier alpha value is -3.59. The van der Waals surface area contributed by atoms with Gasteiger partial charge in [-0.2, -0.15) is 0 Å². The van der Waals surface area contributed by atoms with Crippen molar-refractivity contribution in [1.82, 2.24) is 5.16 Å². The lowest BCUT2D eigenvalue weighted by molar-refractivity contribution is 0.0599. The van der Waals surface area contributed by atoms with Gasteiger partial charge < -0.3 is 19.3 Å². The number of carbonyl (C=O) groups is 3. The molecule has 0 saturated heterocycles. The molecule has 0 unspecified atom stereocenters. The van der Waals surface area contributed by atoms with Crippen molar-refractivity contribution in [3.05, 3.63) is 76.2 Å². The third-order valence-corrected chi connectivity index (χ3v) is 5.82. The van der Waals surface area contributed by atoms with Gasteiger partial charge in [0, 0.05) is 21.9 Å². The fourth-order valence-electron chi connectivity index (χ4n) is 3.01. The van der Waals surface area contributed by atoms with Gasteiger partial charge in [0.2, 0.25) is 0 Å². The van der Waals surface area contributed by atoms with E-state index >= 15 is 0 Å². The number of thioether (sulfide) groups is 1. The molecule has 0 aliphatic rings. The summed E-state index contributed by atoms with van der Waals surface area (Å²) in [4.78, 5) is 37.8. The summed E-state index contributed by atoms with van der Waals surface area (Å²) in [7, 11) is 2.47. The first-order valence-corrected chi connectivity index (χ1v) is 10.6. The van der Waals surface area contributed by atoms with E-state index in [0.29, 0.717) is 11.3 Å². The molecule has 0 fully saturated rings. The molecule has 2 aromatic carbocycles. The van der Waals surface area contributed by atoms with Gasteiger partial charge in [-0.15, -0.1) is 11.8 Å². The number of nitrogens with one attached hydrogen (secondary N) is 1. The van der Waals surface area contributed by atoms with Crippen LogP contribution in [0.3, 0.4) is 0 Å². The molecular formula is C23H22N2O6S. The number of rotatable bonds is 7. The third kappa shape index (κ3) is 5.17. The van der Waals surface area contributed by atoms with Crippen molar-refractivity contribution in [1.29, 1.82) is 0 Å². The van der Waals surface area contributed by atoms with Crippen LogP contribution in [-0.4, -0.2) is 37.2 Å². The van der Waals surface area contributed by atoms with Crippen molar-refractivity contribution in [2.24, 2.45) is 0 Å². The van der Waals surface area contributed by atoms with Crippen molar-refractivity contribution in [2.45, 2.75) is 24.5 Å². The van der Waals surface area contributed by atoms with E-state index < -0.39 is 11.9 Å². The number of ether oxygens (including phenoxy) is 2. The Morgan fingerprint density at radius 1 is 1.00 bits per heavy atom. The van der Waals surface area contributed by atoms with Gasteiger partial charge in [-0.25, -0.2) is 9.59 Å². The molecule has 1 N–H and O–H groups in total. The maximum atomic E-state index is 13.0. The number of methoxy groups -OCH3 is 2. The molecule has 3 rings (SSSR count). The first-order chi connectivity index (χ1) is 15.3. The number of esters is 2. The zero-order valence-corrected chi connectivity index (χ0v) is 18.9. The second-order valence-electron chi connectivity index (χ2n) is 6.82. The Balaban J connectivity index is 1.86. The molecule has 0 atom stereocenters. The number of nitrogens with zero attached hydrogens (tertiary/aromatic N) is 1. The molecule has 0 aliphatic heterocycles. The smallest absolute Gasteiger partial charge is 0.337 e. The fraction of sp³-hybridized carbons (Fsp3) is 0.217. The van der Waals surface area contributed by atoms with Crippen LogP contribution in [0.15, 0.2) is 51.9 Å². The summed E-state index contributed by atoms with van der Waals surface area (Å²) in [6.07, 6.45) is 0. The highest BCUT2D eigenvalue weighted by Gasteiger charge is 2.18. The molecule has 3 aromatic rings. The lowest BCUT2D eigenvalue weighted by Gasteiger charge is -2.12.